The molecule has 0 fully saturated rings. The first kappa shape index (κ1) is 13.0. The molecule has 2 unspecified atom stereocenters. The third-order valence-corrected chi connectivity index (χ3v) is 3.21. The summed E-state index contributed by atoms with van der Waals surface area (Å²) in [7, 11) is 0. The Morgan fingerprint density at radius 2 is 1.89 bits per heavy atom. The van der Waals surface area contributed by atoms with Crippen LogP contribution in [0.25, 0.3) is 0 Å². The second-order valence-electron chi connectivity index (χ2n) is 4.12. The molecule has 18 heavy (non-hydrogen) atoms. The highest BCUT2D eigenvalue weighted by molar-refractivity contribution is 6.30. The van der Waals surface area contributed by atoms with Crippen LogP contribution in [0.1, 0.15) is 23.1 Å². The smallest absolute Gasteiger partial charge is 0.0871 e. The van der Waals surface area contributed by atoms with Crippen LogP contribution in [0.3, 0.4) is 0 Å². The van der Waals surface area contributed by atoms with E-state index in [1.807, 2.05) is 24.3 Å². The fraction of sp³-hybridized carbons (Fsp3) is 0.214. The van der Waals surface area contributed by atoms with Gasteiger partial charge in [0.15, 0.2) is 0 Å². The van der Waals surface area contributed by atoms with Gasteiger partial charge in [0.25, 0.3) is 0 Å². The number of nitrogens with zero attached hydrogens (tertiary/aromatic N) is 1. The van der Waals surface area contributed by atoms with Crippen molar-refractivity contribution in [1.29, 1.82) is 0 Å². The summed E-state index contributed by atoms with van der Waals surface area (Å²) in [5, 5.41) is 11.0. The number of hydrogen-bond donors (Lipinski definition) is 2. The van der Waals surface area contributed by atoms with Crippen LogP contribution < -0.4 is 5.73 Å². The van der Waals surface area contributed by atoms with Gasteiger partial charge >= 0.3 is 0 Å². The molecule has 2 aromatic rings. The zero-order valence-electron chi connectivity index (χ0n) is 9.83. The highest BCUT2D eigenvalue weighted by Crippen LogP contribution is 2.30. The standard InChI is InChI=1S/C14H15ClN2O/c15-12-5-3-10(4-6-12)14(18)13(8-16)11-2-1-7-17-9-11/h1-7,9,13-14,18H,8,16H2. The molecule has 0 aliphatic rings. The van der Waals surface area contributed by atoms with E-state index in [4.69, 9.17) is 17.3 Å². The summed E-state index contributed by atoms with van der Waals surface area (Å²) in [4.78, 5) is 4.06. The number of benzene rings is 1. The zero-order valence-corrected chi connectivity index (χ0v) is 10.6. The molecule has 1 heterocycles. The minimum absolute atomic E-state index is 0.167. The molecule has 3 nitrogen and oxygen atoms in total. The van der Waals surface area contributed by atoms with Crippen molar-refractivity contribution in [2.45, 2.75) is 12.0 Å². The molecule has 0 aliphatic carbocycles. The van der Waals surface area contributed by atoms with E-state index in [1.165, 1.54) is 0 Å². The summed E-state index contributed by atoms with van der Waals surface area (Å²) in [6, 6.07) is 10.9. The van der Waals surface area contributed by atoms with E-state index in [2.05, 4.69) is 4.98 Å². The molecule has 1 aromatic heterocycles. The summed E-state index contributed by atoms with van der Waals surface area (Å²) < 4.78 is 0. The molecule has 0 saturated carbocycles. The van der Waals surface area contributed by atoms with Gasteiger partial charge in [0.2, 0.25) is 0 Å². The third-order valence-electron chi connectivity index (χ3n) is 2.96. The second kappa shape index (κ2) is 5.96. The number of aliphatic hydroxyl groups excluding tert-OH is 1. The van der Waals surface area contributed by atoms with Crippen molar-refractivity contribution in [2.75, 3.05) is 6.54 Å². The monoisotopic (exact) mass is 262 g/mol. The number of nitrogens with two attached hydrogens (primary N) is 1. The number of aliphatic hydroxyl groups is 1. The van der Waals surface area contributed by atoms with E-state index >= 15 is 0 Å². The average molecular weight is 263 g/mol. The Balaban J connectivity index is 2.25. The topological polar surface area (TPSA) is 59.1 Å². The number of aromatic nitrogens is 1. The van der Waals surface area contributed by atoms with Crippen LogP contribution in [-0.2, 0) is 0 Å². The quantitative estimate of drug-likeness (QED) is 0.890. The molecule has 3 N–H and O–H groups in total. The summed E-state index contributed by atoms with van der Waals surface area (Å²) >= 11 is 5.83. The van der Waals surface area contributed by atoms with Crippen LogP contribution in [-0.4, -0.2) is 16.6 Å². The highest BCUT2D eigenvalue weighted by Gasteiger charge is 2.21. The van der Waals surface area contributed by atoms with E-state index in [9.17, 15) is 5.11 Å². The van der Waals surface area contributed by atoms with E-state index in [0.29, 0.717) is 11.6 Å². The Bertz CT molecular complexity index is 487. The molecule has 1 aromatic carbocycles. The average Bonchev–Trinajstić information content (AvgIpc) is 2.41. The minimum atomic E-state index is -0.656. The predicted octanol–water partition coefficient (Wildman–Crippen LogP) is 2.51. The SMILES string of the molecule is NCC(c1cccnc1)C(O)c1ccc(Cl)cc1. The molecule has 0 amide bonds. The van der Waals surface area contributed by atoms with Crippen LogP contribution in [0.4, 0.5) is 0 Å². The first-order valence-corrected chi connectivity index (χ1v) is 6.13. The normalized spacial score (nSPS) is 14.2. The lowest BCUT2D eigenvalue weighted by atomic mass is 9.90. The summed E-state index contributed by atoms with van der Waals surface area (Å²) in [6.45, 7) is 0.357. The van der Waals surface area contributed by atoms with Gasteiger partial charge in [0.05, 0.1) is 6.10 Å². The molecule has 0 saturated heterocycles. The van der Waals surface area contributed by atoms with Crippen molar-refractivity contribution in [3.8, 4) is 0 Å². The zero-order chi connectivity index (χ0) is 13.0. The van der Waals surface area contributed by atoms with Crippen molar-refractivity contribution in [2.24, 2.45) is 5.73 Å². The maximum atomic E-state index is 10.4. The molecule has 4 heteroatoms. The van der Waals surface area contributed by atoms with E-state index in [0.717, 1.165) is 11.1 Å². The van der Waals surface area contributed by atoms with Crippen LogP contribution >= 0.6 is 11.6 Å². The molecule has 2 atom stereocenters. The van der Waals surface area contributed by atoms with E-state index in [-0.39, 0.29) is 5.92 Å². The van der Waals surface area contributed by atoms with E-state index < -0.39 is 6.10 Å². The lowest BCUT2D eigenvalue weighted by molar-refractivity contribution is 0.147. The van der Waals surface area contributed by atoms with Gasteiger partial charge in [-0.1, -0.05) is 29.8 Å². The second-order valence-corrected chi connectivity index (χ2v) is 4.56. The maximum Gasteiger partial charge on any atom is 0.0871 e. The molecule has 2 rings (SSSR count). The lowest BCUT2D eigenvalue weighted by Gasteiger charge is -2.22. The van der Waals surface area contributed by atoms with Crippen LogP contribution in [0.2, 0.25) is 5.02 Å². The molecule has 94 valence electrons. The van der Waals surface area contributed by atoms with Crippen molar-refractivity contribution in [3.05, 3.63) is 64.9 Å². The van der Waals surface area contributed by atoms with Gasteiger partial charge in [-0.05, 0) is 29.3 Å². The maximum absolute atomic E-state index is 10.4. The first-order valence-electron chi connectivity index (χ1n) is 5.76. The fourth-order valence-corrected chi connectivity index (χ4v) is 2.06. The van der Waals surface area contributed by atoms with Crippen molar-refractivity contribution in [3.63, 3.8) is 0 Å². The lowest BCUT2D eigenvalue weighted by Crippen LogP contribution is -2.20. The minimum Gasteiger partial charge on any atom is -0.388 e. The first-order chi connectivity index (χ1) is 8.72. The van der Waals surface area contributed by atoms with E-state index in [1.54, 1.807) is 24.5 Å². The Kier molecular flexibility index (Phi) is 4.31. The highest BCUT2D eigenvalue weighted by atomic mass is 35.5. The van der Waals surface area contributed by atoms with Gasteiger partial charge in [-0.15, -0.1) is 0 Å². The van der Waals surface area contributed by atoms with Gasteiger partial charge < -0.3 is 10.8 Å². The Morgan fingerprint density at radius 3 is 2.44 bits per heavy atom. The largest absolute Gasteiger partial charge is 0.388 e. The van der Waals surface area contributed by atoms with Crippen LogP contribution in [0.15, 0.2) is 48.8 Å². The number of halogens is 1. The van der Waals surface area contributed by atoms with Gasteiger partial charge in [-0.3, -0.25) is 4.98 Å². The summed E-state index contributed by atoms with van der Waals surface area (Å²) in [5.74, 6) is -0.167. The number of hydrogen-bond acceptors (Lipinski definition) is 3. The summed E-state index contributed by atoms with van der Waals surface area (Å²) in [5.41, 5.74) is 7.50. The number of pyridine rings is 1. The molecule has 0 radical (unpaired) electrons. The summed E-state index contributed by atoms with van der Waals surface area (Å²) in [6.07, 6.45) is 2.78. The molecule has 0 aliphatic heterocycles. The van der Waals surface area contributed by atoms with Gasteiger partial charge in [-0.2, -0.15) is 0 Å². The number of rotatable bonds is 4. The molecule has 0 spiro atoms. The predicted molar refractivity (Wildman–Crippen MR) is 72.4 cm³/mol. The van der Waals surface area contributed by atoms with Crippen molar-refractivity contribution >= 4 is 11.6 Å². The molecular weight excluding hydrogens is 248 g/mol. The molecular formula is C14H15ClN2O. The Labute approximate surface area is 111 Å². The van der Waals surface area contributed by atoms with Crippen LogP contribution in [0.5, 0.6) is 0 Å². The third kappa shape index (κ3) is 2.88. The van der Waals surface area contributed by atoms with Crippen molar-refractivity contribution < 1.29 is 5.11 Å². The Hall–Kier alpha value is -1.42. The van der Waals surface area contributed by atoms with Gasteiger partial charge in [0, 0.05) is 29.9 Å². The van der Waals surface area contributed by atoms with Crippen LogP contribution in [0, 0.1) is 0 Å². The van der Waals surface area contributed by atoms with Crippen molar-refractivity contribution in [1.82, 2.24) is 4.98 Å². The molecule has 0 bridgehead atoms. The van der Waals surface area contributed by atoms with Gasteiger partial charge in [-0.25, -0.2) is 0 Å². The fourth-order valence-electron chi connectivity index (χ4n) is 1.93. The van der Waals surface area contributed by atoms with Gasteiger partial charge in [0.1, 0.15) is 0 Å². The Morgan fingerprint density at radius 1 is 1.17 bits per heavy atom.